The van der Waals surface area contributed by atoms with E-state index in [2.05, 4.69) is 20.9 Å². The highest BCUT2D eigenvalue weighted by atomic mass is 32.1. The van der Waals surface area contributed by atoms with Crippen molar-refractivity contribution in [1.29, 1.82) is 0 Å². The Hall–Kier alpha value is -2.74. The van der Waals surface area contributed by atoms with Crippen molar-refractivity contribution >= 4 is 23.2 Å². The minimum Gasteiger partial charge on any atom is -0.493 e. The molecule has 2 rings (SSSR count). The number of guanidine groups is 1. The molecule has 0 bridgehead atoms. The van der Waals surface area contributed by atoms with Crippen LogP contribution in [0.4, 0.5) is 0 Å². The van der Waals surface area contributed by atoms with Crippen molar-refractivity contribution in [3.63, 3.8) is 0 Å². The summed E-state index contributed by atoms with van der Waals surface area (Å²) in [7, 11) is 1.63. The van der Waals surface area contributed by atoms with Crippen LogP contribution in [0.15, 0.2) is 46.8 Å². The second kappa shape index (κ2) is 12.7. The van der Waals surface area contributed by atoms with Gasteiger partial charge in [-0.1, -0.05) is 18.2 Å². The van der Waals surface area contributed by atoms with E-state index in [0.717, 1.165) is 23.8 Å². The number of hydrogen-bond acceptors (Lipinski definition) is 5. The summed E-state index contributed by atoms with van der Waals surface area (Å²) in [5.41, 5.74) is 0. The highest BCUT2D eigenvalue weighted by Crippen LogP contribution is 2.26. The molecule has 0 aliphatic heterocycles. The third kappa shape index (κ3) is 8.03. The SMILES string of the molecule is CCNC(=NCC(C)Oc1ccccc1OC)NCCCNC(=O)c1cccs1. The van der Waals surface area contributed by atoms with E-state index in [9.17, 15) is 4.79 Å². The first-order valence-corrected chi connectivity index (χ1v) is 10.7. The van der Waals surface area contributed by atoms with Crippen LogP contribution < -0.4 is 25.4 Å². The van der Waals surface area contributed by atoms with E-state index in [1.54, 1.807) is 7.11 Å². The fourth-order valence-electron chi connectivity index (χ4n) is 2.52. The molecular formula is C21H30N4O3S. The van der Waals surface area contributed by atoms with Crippen LogP contribution in [0.1, 0.15) is 29.9 Å². The van der Waals surface area contributed by atoms with Crippen molar-refractivity contribution in [2.24, 2.45) is 4.99 Å². The zero-order valence-corrected chi connectivity index (χ0v) is 18.1. The number of ether oxygens (including phenoxy) is 2. The van der Waals surface area contributed by atoms with E-state index < -0.39 is 0 Å². The molecule has 0 radical (unpaired) electrons. The van der Waals surface area contributed by atoms with Crippen LogP contribution in [-0.4, -0.2) is 51.3 Å². The number of thiophene rings is 1. The molecule has 1 aromatic heterocycles. The zero-order chi connectivity index (χ0) is 20.9. The van der Waals surface area contributed by atoms with Gasteiger partial charge in [-0.2, -0.15) is 0 Å². The maximum absolute atomic E-state index is 11.9. The van der Waals surface area contributed by atoms with Gasteiger partial charge in [-0.25, -0.2) is 4.99 Å². The Labute approximate surface area is 176 Å². The van der Waals surface area contributed by atoms with Crippen molar-refractivity contribution < 1.29 is 14.3 Å². The Bertz CT molecular complexity index is 765. The van der Waals surface area contributed by atoms with Crippen molar-refractivity contribution in [3.8, 4) is 11.5 Å². The Kier molecular flexibility index (Phi) is 9.85. The van der Waals surface area contributed by atoms with Gasteiger partial charge in [-0.15, -0.1) is 11.3 Å². The first-order chi connectivity index (χ1) is 14.1. The van der Waals surface area contributed by atoms with Gasteiger partial charge in [0.1, 0.15) is 6.10 Å². The van der Waals surface area contributed by atoms with E-state index >= 15 is 0 Å². The van der Waals surface area contributed by atoms with E-state index in [4.69, 9.17) is 9.47 Å². The maximum Gasteiger partial charge on any atom is 0.261 e. The Morgan fingerprint density at radius 3 is 2.55 bits per heavy atom. The van der Waals surface area contributed by atoms with E-state index in [0.29, 0.717) is 31.1 Å². The fraction of sp³-hybridized carbons (Fsp3) is 0.429. The summed E-state index contributed by atoms with van der Waals surface area (Å²) in [4.78, 5) is 17.2. The molecule has 0 saturated heterocycles. The predicted molar refractivity (Wildman–Crippen MR) is 118 cm³/mol. The van der Waals surface area contributed by atoms with Crippen molar-refractivity contribution in [3.05, 3.63) is 46.7 Å². The second-order valence-electron chi connectivity index (χ2n) is 6.31. The standard InChI is InChI=1S/C21H30N4O3S/c1-4-22-21(24-13-8-12-23-20(26)19-11-7-14-29-19)25-15-16(2)28-18-10-6-5-9-17(18)27-3/h5-7,9-11,14,16H,4,8,12-13,15H2,1-3H3,(H,23,26)(H2,22,24,25). The molecule has 0 saturated carbocycles. The summed E-state index contributed by atoms with van der Waals surface area (Å²) in [5.74, 6) is 2.12. The number of carbonyl (C=O) groups is 1. The third-order valence-corrected chi connectivity index (χ3v) is 4.79. The van der Waals surface area contributed by atoms with Gasteiger partial charge in [0.15, 0.2) is 17.5 Å². The summed E-state index contributed by atoms with van der Waals surface area (Å²) in [6, 6.07) is 11.3. The van der Waals surface area contributed by atoms with Crippen LogP contribution in [0.2, 0.25) is 0 Å². The molecule has 1 unspecified atom stereocenters. The van der Waals surface area contributed by atoms with Crippen LogP contribution >= 0.6 is 11.3 Å². The van der Waals surface area contributed by atoms with E-state index in [-0.39, 0.29) is 12.0 Å². The molecule has 1 atom stereocenters. The van der Waals surface area contributed by atoms with Gasteiger partial charge in [0.25, 0.3) is 5.91 Å². The molecule has 0 spiro atoms. The Balaban J connectivity index is 1.73. The van der Waals surface area contributed by atoms with Gasteiger partial charge in [-0.3, -0.25) is 4.79 Å². The van der Waals surface area contributed by atoms with Gasteiger partial charge >= 0.3 is 0 Å². The molecule has 0 fully saturated rings. The van der Waals surface area contributed by atoms with Gasteiger partial charge in [0.05, 0.1) is 18.5 Å². The number of nitrogens with zero attached hydrogens (tertiary/aromatic N) is 1. The molecule has 2 aromatic rings. The fourth-order valence-corrected chi connectivity index (χ4v) is 3.16. The molecule has 7 nitrogen and oxygen atoms in total. The summed E-state index contributed by atoms with van der Waals surface area (Å²) in [6.07, 6.45) is 0.696. The number of nitrogens with one attached hydrogen (secondary N) is 3. The molecule has 158 valence electrons. The molecular weight excluding hydrogens is 388 g/mol. The average molecular weight is 419 g/mol. The highest BCUT2D eigenvalue weighted by molar-refractivity contribution is 7.12. The molecule has 3 N–H and O–H groups in total. The van der Waals surface area contributed by atoms with Crippen molar-refractivity contribution in [1.82, 2.24) is 16.0 Å². The largest absolute Gasteiger partial charge is 0.493 e. The number of rotatable bonds is 11. The topological polar surface area (TPSA) is 84.0 Å². The molecule has 1 heterocycles. The van der Waals surface area contributed by atoms with Crippen LogP contribution in [0, 0.1) is 0 Å². The van der Waals surface area contributed by atoms with Crippen molar-refractivity contribution in [2.45, 2.75) is 26.4 Å². The normalized spacial score (nSPS) is 12.2. The van der Waals surface area contributed by atoms with Crippen LogP contribution in [0.5, 0.6) is 11.5 Å². The van der Waals surface area contributed by atoms with Crippen LogP contribution in [0.3, 0.4) is 0 Å². The third-order valence-electron chi connectivity index (χ3n) is 3.92. The zero-order valence-electron chi connectivity index (χ0n) is 17.2. The van der Waals surface area contributed by atoms with Gasteiger partial charge in [-0.05, 0) is 43.8 Å². The molecule has 8 heteroatoms. The number of hydrogen-bond donors (Lipinski definition) is 3. The lowest BCUT2D eigenvalue weighted by Crippen LogP contribution is -2.39. The molecule has 1 amide bonds. The lowest BCUT2D eigenvalue weighted by Gasteiger charge is -2.16. The minimum absolute atomic E-state index is 0.0251. The van der Waals surface area contributed by atoms with E-state index in [1.165, 1.54) is 11.3 Å². The number of carbonyl (C=O) groups excluding carboxylic acids is 1. The first-order valence-electron chi connectivity index (χ1n) is 9.77. The summed E-state index contributed by atoms with van der Waals surface area (Å²) >= 11 is 1.44. The maximum atomic E-state index is 11.9. The summed E-state index contributed by atoms with van der Waals surface area (Å²) in [6.45, 7) is 6.58. The second-order valence-corrected chi connectivity index (χ2v) is 7.26. The lowest BCUT2D eigenvalue weighted by molar-refractivity contribution is 0.0957. The predicted octanol–water partition coefficient (Wildman–Crippen LogP) is 2.90. The number of amides is 1. The van der Waals surface area contributed by atoms with Gasteiger partial charge in [0.2, 0.25) is 0 Å². The monoisotopic (exact) mass is 418 g/mol. The average Bonchev–Trinajstić information content (AvgIpc) is 3.27. The Morgan fingerprint density at radius 2 is 1.86 bits per heavy atom. The van der Waals surface area contributed by atoms with Crippen LogP contribution in [0.25, 0.3) is 0 Å². The summed E-state index contributed by atoms with van der Waals surface area (Å²) < 4.78 is 11.2. The van der Waals surface area contributed by atoms with E-state index in [1.807, 2.05) is 55.6 Å². The molecule has 0 aliphatic rings. The van der Waals surface area contributed by atoms with Gasteiger partial charge in [0, 0.05) is 19.6 Å². The molecule has 1 aromatic carbocycles. The highest BCUT2D eigenvalue weighted by Gasteiger charge is 2.09. The minimum atomic E-state index is -0.105. The quantitative estimate of drug-likeness (QED) is 0.297. The van der Waals surface area contributed by atoms with Gasteiger partial charge < -0.3 is 25.4 Å². The first kappa shape index (κ1) is 22.5. The number of aliphatic imine (C=N–C) groups is 1. The summed E-state index contributed by atoms with van der Waals surface area (Å²) in [5, 5.41) is 11.3. The number of para-hydroxylation sites is 2. The van der Waals surface area contributed by atoms with Crippen molar-refractivity contribution in [2.75, 3.05) is 33.3 Å². The Morgan fingerprint density at radius 1 is 1.10 bits per heavy atom. The smallest absolute Gasteiger partial charge is 0.261 e. The number of methoxy groups -OCH3 is 1. The lowest BCUT2D eigenvalue weighted by atomic mass is 10.3. The molecule has 29 heavy (non-hydrogen) atoms. The van der Waals surface area contributed by atoms with Crippen LogP contribution in [-0.2, 0) is 0 Å². The molecule has 0 aliphatic carbocycles. The number of benzene rings is 1.